The predicted molar refractivity (Wildman–Crippen MR) is 87.9 cm³/mol. The molecule has 2 atom stereocenters. The molecule has 0 radical (unpaired) electrons. The summed E-state index contributed by atoms with van der Waals surface area (Å²) >= 11 is 0. The van der Waals surface area contributed by atoms with Gasteiger partial charge < -0.3 is 4.74 Å². The van der Waals surface area contributed by atoms with E-state index >= 15 is 0 Å². The van der Waals surface area contributed by atoms with Gasteiger partial charge in [-0.05, 0) is 68.4 Å². The summed E-state index contributed by atoms with van der Waals surface area (Å²) < 4.78 is 7.40. The van der Waals surface area contributed by atoms with Crippen LogP contribution < -0.4 is 4.74 Å². The smallest absolute Gasteiger partial charge is 0.119 e. The predicted octanol–water partition coefficient (Wildman–Crippen LogP) is 4.41. The van der Waals surface area contributed by atoms with Crippen molar-refractivity contribution < 1.29 is 4.74 Å². The van der Waals surface area contributed by atoms with Crippen LogP contribution in [0.25, 0.3) is 5.69 Å². The van der Waals surface area contributed by atoms with E-state index in [9.17, 15) is 0 Å². The molecule has 0 spiro atoms. The van der Waals surface area contributed by atoms with Crippen molar-refractivity contribution in [2.75, 3.05) is 7.11 Å². The van der Waals surface area contributed by atoms with Crippen LogP contribution in [0.3, 0.4) is 0 Å². The monoisotopic (exact) mass is 296 g/mol. The maximum absolute atomic E-state index is 5.26. The second kappa shape index (κ2) is 5.45. The van der Waals surface area contributed by atoms with E-state index in [4.69, 9.17) is 9.84 Å². The van der Waals surface area contributed by atoms with Gasteiger partial charge >= 0.3 is 0 Å². The van der Waals surface area contributed by atoms with Crippen molar-refractivity contribution in [1.82, 2.24) is 9.78 Å². The lowest BCUT2D eigenvalue weighted by atomic mass is 9.70. The molecule has 2 aliphatic carbocycles. The van der Waals surface area contributed by atoms with Gasteiger partial charge in [-0.25, -0.2) is 4.68 Å². The number of fused-ring (bicyclic) bond motifs is 3. The van der Waals surface area contributed by atoms with Gasteiger partial charge in [0.1, 0.15) is 5.75 Å². The fourth-order valence-electron chi connectivity index (χ4n) is 4.38. The molecule has 4 rings (SSSR count). The van der Waals surface area contributed by atoms with Crippen LogP contribution in [-0.2, 0) is 6.42 Å². The summed E-state index contributed by atoms with van der Waals surface area (Å²) in [6, 6.07) is 8.23. The standard InChI is InChI=1S/C19H24N2O/c1-13-17-12-7-14-5-3-4-6-18(14)19(17)20-21(13)15-8-10-16(22-2)11-9-15/h8-11,14,18H,3-7,12H2,1-2H3. The van der Waals surface area contributed by atoms with Crippen LogP contribution in [0, 0.1) is 12.8 Å². The summed E-state index contributed by atoms with van der Waals surface area (Å²) in [5.41, 5.74) is 5.37. The fourth-order valence-corrected chi connectivity index (χ4v) is 4.38. The van der Waals surface area contributed by atoms with Gasteiger partial charge in [0.05, 0.1) is 18.5 Å². The fraction of sp³-hybridized carbons (Fsp3) is 0.526. The van der Waals surface area contributed by atoms with E-state index in [1.807, 2.05) is 12.1 Å². The Hall–Kier alpha value is -1.77. The van der Waals surface area contributed by atoms with Gasteiger partial charge in [-0.1, -0.05) is 12.8 Å². The lowest BCUT2D eigenvalue weighted by Gasteiger charge is -2.34. The van der Waals surface area contributed by atoms with Crippen LogP contribution in [0.5, 0.6) is 5.75 Å². The average Bonchev–Trinajstić information content (AvgIpc) is 2.92. The van der Waals surface area contributed by atoms with E-state index in [0.29, 0.717) is 5.92 Å². The van der Waals surface area contributed by atoms with E-state index in [0.717, 1.165) is 17.4 Å². The summed E-state index contributed by atoms with van der Waals surface area (Å²) in [6.07, 6.45) is 8.07. The van der Waals surface area contributed by atoms with Gasteiger partial charge in [-0.3, -0.25) is 0 Å². The maximum Gasteiger partial charge on any atom is 0.119 e. The Labute approximate surface area is 132 Å². The van der Waals surface area contributed by atoms with Crippen molar-refractivity contribution in [1.29, 1.82) is 0 Å². The molecule has 0 N–H and O–H groups in total. The second-order valence-electron chi connectivity index (χ2n) is 6.75. The molecule has 1 saturated carbocycles. The highest BCUT2D eigenvalue weighted by Crippen LogP contribution is 2.45. The molecular formula is C19H24N2O. The topological polar surface area (TPSA) is 27.1 Å². The van der Waals surface area contributed by atoms with Crippen LogP contribution in [0.2, 0.25) is 0 Å². The third-order valence-corrected chi connectivity index (χ3v) is 5.61. The first-order valence-corrected chi connectivity index (χ1v) is 8.50. The number of rotatable bonds is 2. The normalized spacial score (nSPS) is 23.7. The summed E-state index contributed by atoms with van der Waals surface area (Å²) in [6.45, 7) is 2.22. The number of aromatic nitrogens is 2. The van der Waals surface area contributed by atoms with Crippen molar-refractivity contribution in [3.05, 3.63) is 41.2 Å². The summed E-state index contributed by atoms with van der Waals surface area (Å²) in [4.78, 5) is 0. The first-order valence-electron chi connectivity index (χ1n) is 8.50. The van der Waals surface area contributed by atoms with Crippen LogP contribution in [0.15, 0.2) is 24.3 Å². The molecule has 2 aromatic rings. The van der Waals surface area contributed by atoms with Crippen molar-refractivity contribution in [2.24, 2.45) is 5.92 Å². The number of hydrogen-bond acceptors (Lipinski definition) is 2. The minimum absolute atomic E-state index is 0.704. The zero-order chi connectivity index (χ0) is 15.1. The van der Waals surface area contributed by atoms with Crippen molar-refractivity contribution in [3.8, 4) is 11.4 Å². The molecule has 0 saturated heterocycles. The van der Waals surface area contributed by atoms with Gasteiger partial charge in [-0.2, -0.15) is 5.10 Å². The molecule has 22 heavy (non-hydrogen) atoms. The molecule has 3 heteroatoms. The molecule has 0 amide bonds. The van der Waals surface area contributed by atoms with E-state index in [2.05, 4.69) is 23.7 Å². The van der Waals surface area contributed by atoms with Gasteiger partial charge in [0.25, 0.3) is 0 Å². The summed E-state index contributed by atoms with van der Waals surface area (Å²) in [5, 5.41) is 5.04. The number of ether oxygens (including phenoxy) is 1. The highest BCUT2D eigenvalue weighted by Gasteiger charge is 2.35. The molecule has 0 bridgehead atoms. The number of hydrogen-bond donors (Lipinski definition) is 0. The average molecular weight is 296 g/mol. The van der Waals surface area contributed by atoms with Gasteiger partial charge in [-0.15, -0.1) is 0 Å². The first-order chi connectivity index (χ1) is 10.8. The molecule has 1 aromatic carbocycles. The molecule has 3 nitrogen and oxygen atoms in total. The Morgan fingerprint density at radius 2 is 1.86 bits per heavy atom. The Kier molecular flexibility index (Phi) is 3.44. The van der Waals surface area contributed by atoms with E-state index < -0.39 is 0 Å². The highest BCUT2D eigenvalue weighted by molar-refractivity contribution is 5.42. The Bertz CT molecular complexity index is 671. The van der Waals surface area contributed by atoms with Crippen LogP contribution >= 0.6 is 0 Å². The first kappa shape index (κ1) is 13.9. The second-order valence-corrected chi connectivity index (χ2v) is 6.75. The van der Waals surface area contributed by atoms with Crippen LogP contribution in [0.1, 0.15) is 55.0 Å². The quantitative estimate of drug-likeness (QED) is 0.821. The molecular weight excluding hydrogens is 272 g/mol. The number of benzene rings is 1. The minimum Gasteiger partial charge on any atom is -0.497 e. The van der Waals surface area contributed by atoms with Crippen LogP contribution in [-0.4, -0.2) is 16.9 Å². The molecule has 0 aliphatic heterocycles. The third kappa shape index (κ3) is 2.15. The number of methoxy groups -OCH3 is 1. The lowest BCUT2D eigenvalue weighted by molar-refractivity contribution is 0.271. The Morgan fingerprint density at radius 3 is 2.64 bits per heavy atom. The van der Waals surface area contributed by atoms with Crippen molar-refractivity contribution in [2.45, 2.75) is 51.4 Å². The Balaban J connectivity index is 1.74. The summed E-state index contributed by atoms with van der Waals surface area (Å²) in [7, 11) is 1.70. The van der Waals surface area contributed by atoms with E-state index in [1.165, 1.54) is 55.5 Å². The molecule has 2 aliphatic rings. The maximum atomic E-state index is 5.26. The van der Waals surface area contributed by atoms with Crippen LogP contribution in [0.4, 0.5) is 0 Å². The molecule has 1 heterocycles. The van der Waals surface area contributed by atoms with Gasteiger partial charge in [0.15, 0.2) is 0 Å². The zero-order valence-corrected chi connectivity index (χ0v) is 13.5. The minimum atomic E-state index is 0.704. The molecule has 1 fully saturated rings. The molecule has 2 unspecified atom stereocenters. The molecule has 116 valence electrons. The molecule has 1 aromatic heterocycles. The SMILES string of the molecule is COc1ccc(-n2nc3c(c2C)CCC2CCCCC32)cc1. The van der Waals surface area contributed by atoms with E-state index in [-0.39, 0.29) is 0 Å². The zero-order valence-electron chi connectivity index (χ0n) is 13.5. The van der Waals surface area contributed by atoms with Gasteiger partial charge in [0.2, 0.25) is 0 Å². The Morgan fingerprint density at radius 1 is 1.09 bits per heavy atom. The highest BCUT2D eigenvalue weighted by atomic mass is 16.5. The largest absolute Gasteiger partial charge is 0.497 e. The van der Waals surface area contributed by atoms with Crippen molar-refractivity contribution in [3.63, 3.8) is 0 Å². The van der Waals surface area contributed by atoms with Crippen molar-refractivity contribution >= 4 is 0 Å². The third-order valence-electron chi connectivity index (χ3n) is 5.61. The number of nitrogens with zero attached hydrogens (tertiary/aromatic N) is 2. The van der Waals surface area contributed by atoms with Gasteiger partial charge in [0, 0.05) is 11.6 Å². The van der Waals surface area contributed by atoms with E-state index in [1.54, 1.807) is 7.11 Å². The lowest BCUT2D eigenvalue weighted by Crippen LogP contribution is -2.23. The summed E-state index contributed by atoms with van der Waals surface area (Å²) in [5.74, 6) is 2.47.